The van der Waals surface area contributed by atoms with Gasteiger partial charge in [0.15, 0.2) is 11.5 Å². The normalized spacial score (nSPS) is 17.5. The molecule has 2 aliphatic rings. The Morgan fingerprint density at radius 2 is 1.73 bits per heavy atom. The molecule has 0 aliphatic carbocycles. The summed E-state index contributed by atoms with van der Waals surface area (Å²) in [5.41, 5.74) is 2.11. The van der Waals surface area contributed by atoms with Crippen LogP contribution in [-0.2, 0) is 16.6 Å². The maximum Gasteiger partial charge on any atom is 0.246 e. The Balaban J connectivity index is 1.45. The molecule has 30 heavy (non-hydrogen) atoms. The van der Waals surface area contributed by atoms with E-state index in [9.17, 15) is 8.42 Å². The molecule has 2 aromatic rings. The van der Waals surface area contributed by atoms with Crippen LogP contribution in [-0.4, -0.2) is 57.7 Å². The number of methoxy groups -OCH3 is 1. The first-order chi connectivity index (χ1) is 14.4. The van der Waals surface area contributed by atoms with Crippen molar-refractivity contribution in [2.45, 2.75) is 31.2 Å². The van der Waals surface area contributed by atoms with Gasteiger partial charge in [-0.1, -0.05) is 26.0 Å². The number of fused-ring (bicyclic) bond motifs is 1. The van der Waals surface area contributed by atoms with Gasteiger partial charge in [0, 0.05) is 32.7 Å². The number of hydrogen-bond donors (Lipinski definition) is 0. The summed E-state index contributed by atoms with van der Waals surface area (Å²) in [6.45, 7) is 7.33. The van der Waals surface area contributed by atoms with Crippen LogP contribution in [0.25, 0.3) is 0 Å². The fourth-order valence-corrected chi connectivity index (χ4v) is 5.43. The molecular formula is C22H28N2O5S. The standard InChI is InChI=1S/C22H28N2O5S/c1-16(2)18-5-7-20(27-3)22(13-18)30(25,26)24-10-8-23(9-11-24)14-17-4-6-19-21(12-17)29-15-28-19/h4-7,12-13,16H,8-11,14-15H2,1-3H3. The first-order valence-electron chi connectivity index (χ1n) is 10.2. The van der Waals surface area contributed by atoms with Crippen LogP contribution in [0.3, 0.4) is 0 Å². The number of hydrogen-bond acceptors (Lipinski definition) is 6. The van der Waals surface area contributed by atoms with Crippen molar-refractivity contribution in [2.24, 2.45) is 0 Å². The largest absolute Gasteiger partial charge is 0.495 e. The Hall–Kier alpha value is -2.29. The van der Waals surface area contributed by atoms with Crippen molar-refractivity contribution < 1.29 is 22.6 Å². The summed E-state index contributed by atoms with van der Waals surface area (Å²) in [6, 6.07) is 11.4. The van der Waals surface area contributed by atoms with E-state index in [1.54, 1.807) is 16.4 Å². The van der Waals surface area contributed by atoms with Gasteiger partial charge in [-0.2, -0.15) is 4.31 Å². The minimum atomic E-state index is -3.62. The third-order valence-electron chi connectivity index (χ3n) is 5.65. The van der Waals surface area contributed by atoms with Gasteiger partial charge in [-0.3, -0.25) is 4.90 Å². The molecule has 1 fully saturated rings. The zero-order valence-corrected chi connectivity index (χ0v) is 18.4. The number of rotatable bonds is 6. The van der Waals surface area contributed by atoms with Gasteiger partial charge in [0.1, 0.15) is 10.6 Å². The van der Waals surface area contributed by atoms with Crippen molar-refractivity contribution in [1.29, 1.82) is 0 Å². The zero-order chi connectivity index (χ0) is 21.3. The second kappa shape index (κ2) is 8.45. The minimum absolute atomic E-state index is 0.239. The van der Waals surface area contributed by atoms with E-state index in [0.717, 1.165) is 29.2 Å². The van der Waals surface area contributed by atoms with Gasteiger partial charge in [0.05, 0.1) is 7.11 Å². The molecule has 0 unspecified atom stereocenters. The molecule has 0 bridgehead atoms. The topological polar surface area (TPSA) is 68.3 Å². The Labute approximate surface area is 178 Å². The maximum absolute atomic E-state index is 13.3. The number of nitrogens with zero attached hydrogens (tertiary/aromatic N) is 2. The summed E-state index contributed by atoms with van der Waals surface area (Å²) in [5.74, 6) is 2.17. The summed E-state index contributed by atoms with van der Waals surface area (Å²) in [7, 11) is -2.11. The van der Waals surface area contributed by atoms with E-state index in [0.29, 0.717) is 31.9 Å². The van der Waals surface area contributed by atoms with E-state index in [2.05, 4.69) is 4.90 Å². The highest BCUT2D eigenvalue weighted by Gasteiger charge is 2.31. The SMILES string of the molecule is COc1ccc(C(C)C)cc1S(=O)(=O)N1CCN(Cc2ccc3c(c2)OCO3)CC1. The highest BCUT2D eigenvalue weighted by molar-refractivity contribution is 7.89. The summed E-state index contributed by atoms with van der Waals surface area (Å²) in [5, 5.41) is 0. The Morgan fingerprint density at radius 3 is 2.43 bits per heavy atom. The third-order valence-corrected chi connectivity index (χ3v) is 7.57. The Morgan fingerprint density at radius 1 is 1.00 bits per heavy atom. The maximum atomic E-state index is 13.3. The molecule has 2 heterocycles. The third kappa shape index (κ3) is 4.12. The number of piperazine rings is 1. The van der Waals surface area contributed by atoms with Crippen LogP contribution in [0.2, 0.25) is 0 Å². The van der Waals surface area contributed by atoms with E-state index in [-0.39, 0.29) is 17.6 Å². The number of benzene rings is 2. The number of ether oxygens (including phenoxy) is 3. The van der Waals surface area contributed by atoms with Gasteiger partial charge in [0.25, 0.3) is 0 Å². The average Bonchev–Trinajstić information content (AvgIpc) is 3.21. The fraction of sp³-hybridized carbons (Fsp3) is 0.455. The number of sulfonamides is 1. The highest BCUT2D eigenvalue weighted by atomic mass is 32.2. The highest BCUT2D eigenvalue weighted by Crippen LogP contribution is 2.33. The van der Waals surface area contributed by atoms with Gasteiger partial charge in [-0.25, -0.2) is 8.42 Å². The lowest BCUT2D eigenvalue weighted by Crippen LogP contribution is -2.48. The minimum Gasteiger partial charge on any atom is -0.495 e. The first-order valence-corrected chi connectivity index (χ1v) is 11.6. The first kappa shape index (κ1) is 21.0. The lowest BCUT2D eigenvalue weighted by atomic mass is 10.0. The van der Waals surface area contributed by atoms with Crippen LogP contribution >= 0.6 is 0 Å². The molecule has 1 saturated heterocycles. The molecule has 2 aliphatic heterocycles. The van der Waals surface area contributed by atoms with E-state index in [1.165, 1.54) is 7.11 Å². The molecule has 162 valence electrons. The molecule has 0 atom stereocenters. The molecule has 2 aromatic carbocycles. The van der Waals surface area contributed by atoms with Crippen LogP contribution < -0.4 is 14.2 Å². The average molecular weight is 433 g/mol. The van der Waals surface area contributed by atoms with E-state index < -0.39 is 10.0 Å². The Kier molecular flexibility index (Phi) is 5.90. The lowest BCUT2D eigenvalue weighted by Gasteiger charge is -2.34. The molecule has 0 saturated carbocycles. The van der Waals surface area contributed by atoms with Crippen LogP contribution in [0, 0.1) is 0 Å². The van der Waals surface area contributed by atoms with Gasteiger partial charge in [-0.05, 0) is 41.3 Å². The molecule has 4 rings (SSSR count). The second-order valence-corrected chi connectivity index (χ2v) is 9.84. The fourth-order valence-electron chi connectivity index (χ4n) is 3.82. The van der Waals surface area contributed by atoms with Gasteiger partial charge in [-0.15, -0.1) is 0 Å². The quantitative estimate of drug-likeness (QED) is 0.699. The zero-order valence-electron chi connectivity index (χ0n) is 17.6. The molecule has 0 N–H and O–H groups in total. The smallest absolute Gasteiger partial charge is 0.246 e. The van der Waals surface area contributed by atoms with E-state index in [1.807, 2.05) is 38.1 Å². The van der Waals surface area contributed by atoms with E-state index >= 15 is 0 Å². The van der Waals surface area contributed by atoms with Crippen molar-refractivity contribution >= 4 is 10.0 Å². The Bertz CT molecular complexity index is 1010. The molecule has 7 nitrogen and oxygen atoms in total. The van der Waals surface area contributed by atoms with Crippen molar-refractivity contribution in [3.63, 3.8) is 0 Å². The van der Waals surface area contributed by atoms with Gasteiger partial charge < -0.3 is 14.2 Å². The lowest BCUT2D eigenvalue weighted by molar-refractivity contribution is 0.173. The summed E-state index contributed by atoms with van der Waals surface area (Å²) < 4.78 is 44.4. The van der Waals surface area contributed by atoms with Crippen LogP contribution in [0.15, 0.2) is 41.3 Å². The van der Waals surface area contributed by atoms with Crippen LogP contribution in [0.4, 0.5) is 0 Å². The molecule has 0 radical (unpaired) electrons. The molecular weight excluding hydrogens is 404 g/mol. The molecule has 0 spiro atoms. The van der Waals surface area contributed by atoms with Crippen molar-refractivity contribution in [3.05, 3.63) is 47.5 Å². The summed E-state index contributed by atoms with van der Waals surface area (Å²) in [6.07, 6.45) is 0. The van der Waals surface area contributed by atoms with Crippen LogP contribution in [0.1, 0.15) is 30.9 Å². The molecule has 0 aromatic heterocycles. The summed E-state index contributed by atoms with van der Waals surface area (Å²) >= 11 is 0. The van der Waals surface area contributed by atoms with Gasteiger partial charge >= 0.3 is 0 Å². The van der Waals surface area contributed by atoms with Crippen molar-refractivity contribution in [3.8, 4) is 17.2 Å². The van der Waals surface area contributed by atoms with Crippen molar-refractivity contribution in [1.82, 2.24) is 9.21 Å². The van der Waals surface area contributed by atoms with E-state index in [4.69, 9.17) is 14.2 Å². The van der Waals surface area contributed by atoms with Crippen LogP contribution in [0.5, 0.6) is 17.2 Å². The second-order valence-electron chi connectivity index (χ2n) is 7.93. The predicted molar refractivity (Wildman–Crippen MR) is 114 cm³/mol. The molecule has 8 heteroatoms. The monoisotopic (exact) mass is 432 g/mol. The van der Waals surface area contributed by atoms with Gasteiger partial charge in [0.2, 0.25) is 16.8 Å². The predicted octanol–water partition coefficient (Wildman–Crippen LogP) is 3.05. The molecule has 0 amide bonds. The van der Waals surface area contributed by atoms with Crippen molar-refractivity contribution in [2.75, 3.05) is 40.1 Å². The summed E-state index contributed by atoms with van der Waals surface area (Å²) in [4.78, 5) is 2.51.